The fourth-order valence-electron chi connectivity index (χ4n) is 2.28. The van der Waals surface area contributed by atoms with E-state index >= 15 is 0 Å². The van der Waals surface area contributed by atoms with Crippen LogP contribution in [0.25, 0.3) is 0 Å². The maximum absolute atomic E-state index is 6.02. The third-order valence-electron chi connectivity index (χ3n) is 3.44. The van der Waals surface area contributed by atoms with Gasteiger partial charge in [-0.15, -0.1) is 0 Å². The Bertz CT molecular complexity index is 363. The zero-order chi connectivity index (χ0) is 12.1. The van der Waals surface area contributed by atoms with Gasteiger partial charge in [0.15, 0.2) is 0 Å². The van der Waals surface area contributed by atoms with E-state index in [1.54, 1.807) is 0 Å². The molecular formula is C14H20INO. The lowest BCUT2D eigenvalue weighted by molar-refractivity contribution is 0.118. The first-order valence-electron chi connectivity index (χ1n) is 6.29. The highest BCUT2D eigenvalue weighted by Crippen LogP contribution is 2.30. The van der Waals surface area contributed by atoms with Gasteiger partial charge in [-0.1, -0.05) is 34.7 Å². The number of alkyl halides is 1. The first-order valence-corrected chi connectivity index (χ1v) is 8.45. The lowest BCUT2D eigenvalue weighted by Gasteiger charge is -2.29. The molecule has 0 atom stereocenters. The molecule has 0 unspecified atom stereocenters. The van der Waals surface area contributed by atoms with Crippen LogP contribution in [-0.4, -0.2) is 17.6 Å². The van der Waals surface area contributed by atoms with Crippen molar-refractivity contribution in [3.8, 4) is 5.75 Å². The number of ether oxygens (including phenoxy) is 1. The molecule has 0 aromatic heterocycles. The molecule has 1 aliphatic heterocycles. The summed E-state index contributed by atoms with van der Waals surface area (Å²) >= 11 is 2.15. The smallest absolute Gasteiger partial charge is 0.123 e. The molecule has 1 heterocycles. The molecule has 0 spiro atoms. The Morgan fingerprint density at radius 2 is 2.12 bits per heavy atom. The van der Waals surface area contributed by atoms with Crippen molar-refractivity contribution in [2.45, 2.75) is 38.3 Å². The van der Waals surface area contributed by atoms with Gasteiger partial charge in [0.1, 0.15) is 5.75 Å². The highest BCUT2D eigenvalue weighted by molar-refractivity contribution is 14.1. The molecule has 94 valence electrons. The maximum atomic E-state index is 6.02. The van der Waals surface area contributed by atoms with Crippen molar-refractivity contribution in [3.63, 3.8) is 0 Å². The van der Waals surface area contributed by atoms with Crippen LogP contribution in [-0.2, 0) is 13.0 Å². The summed E-state index contributed by atoms with van der Waals surface area (Å²) in [5.74, 6) is 1.14. The molecule has 1 aromatic carbocycles. The van der Waals surface area contributed by atoms with Crippen LogP contribution in [0, 0.1) is 0 Å². The number of hydrogen-bond donors (Lipinski definition) is 1. The van der Waals surface area contributed by atoms with E-state index in [4.69, 9.17) is 4.74 Å². The van der Waals surface area contributed by atoms with E-state index in [1.165, 1.54) is 30.4 Å². The topological polar surface area (TPSA) is 21.3 Å². The van der Waals surface area contributed by atoms with Crippen LogP contribution < -0.4 is 10.1 Å². The zero-order valence-corrected chi connectivity index (χ0v) is 12.5. The van der Waals surface area contributed by atoms with Crippen LogP contribution in [0.5, 0.6) is 5.75 Å². The molecule has 2 aliphatic rings. The molecule has 0 amide bonds. The Kier molecular flexibility index (Phi) is 5.10. The zero-order valence-electron chi connectivity index (χ0n) is 10.3. The highest BCUT2D eigenvalue weighted by atomic mass is 127. The predicted molar refractivity (Wildman–Crippen MR) is 80.1 cm³/mol. The summed E-state index contributed by atoms with van der Waals surface area (Å²) < 4.78 is 6.02. The number of nitrogens with one attached hydrogen (secondary N) is 1. The monoisotopic (exact) mass is 345 g/mol. The quantitative estimate of drug-likeness (QED) is 0.656. The Hall–Kier alpha value is -0.290. The van der Waals surface area contributed by atoms with Crippen molar-refractivity contribution in [1.82, 2.24) is 5.32 Å². The number of hydrogen-bond acceptors (Lipinski definition) is 2. The number of benzene rings is 1. The fourth-order valence-corrected chi connectivity index (χ4v) is 2.28. The summed E-state index contributed by atoms with van der Waals surface area (Å²) in [6.45, 7) is 2.08. The van der Waals surface area contributed by atoms with Crippen molar-refractivity contribution in [2.75, 3.05) is 11.5 Å². The van der Waals surface area contributed by atoms with Crippen LogP contribution in [0.15, 0.2) is 18.2 Å². The molecule has 1 aromatic rings. The standard InChI is InChI=1S/C13H17NO.CH3I/c1-3-10-9-14-8-7-12(10)13(6-1)15-11-4-2-5-11;1-2/h1,3,6,11,14H,2,4-5,7-9H2;1H3. The molecule has 1 N–H and O–H groups in total. The molecule has 3 heteroatoms. The second-order valence-electron chi connectivity index (χ2n) is 4.49. The summed E-state index contributed by atoms with van der Waals surface area (Å²) in [6.07, 6.45) is 5.41. The van der Waals surface area contributed by atoms with Gasteiger partial charge in [0.2, 0.25) is 0 Å². The first-order chi connectivity index (χ1) is 8.43. The van der Waals surface area contributed by atoms with Crippen molar-refractivity contribution < 1.29 is 4.74 Å². The molecular weight excluding hydrogens is 325 g/mol. The maximum Gasteiger partial charge on any atom is 0.123 e. The Morgan fingerprint density at radius 1 is 1.29 bits per heavy atom. The molecule has 17 heavy (non-hydrogen) atoms. The minimum Gasteiger partial charge on any atom is -0.490 e. The molecule has 1 fully saturated rings. The minimum absolute atomic E-state index is 0.492. The van der Waals surface area contributed by atoms with Gasteiger partial charge in [-0.3, -0.25) is 0 Å². The molecule has 0 radical (unpaired) electrons. The van der Waals surface area contributed by atoms with E-state index in [0.29, 0.717) is 6.10 Å². The molecule has 2 nitrogen and oxygen atoms in total. The molecule has 0 bridgehead atoms. The Morgan fingerprint density at radius 3 is 2.82 bits per heavy atom. The van der Waals surface area contributed by atoms with E-state index in [1.807, 2.05) is 4.93 Å². The number of rotatable bonds is 2. The van der Waals surface area contributed by atoms with Crippen LogP contribution in [0.1, 0.15) is 30.4 Å². The van der Waals surface area contributed by atoms with Gasteiger partial charge in [0, 0.05) is 6.54 Å². The Labute approximate surface area is 117 Å². The second-order valence-corrected chi connectivity index (χ2v) is 4.49. The third kappa shape index (κ3) is 3.13. The molecule has 0 saturated heterocycles. The molecule has 3 rings (SSSR count). The normalized spacial score (nSPS) is 18.5. The van der Waals surface area contributed by atoms with E-state index < -0.39 is 0 Å². The van der Waals surface area contributed by atoms with E-state index in [0.717, 1.165) is 25.3 Å². The number of fused-ring (bicyclic) bond motifs is 1. The summed E-state index contributed by atoms with van der Waals surface area (Å²) in [5, 5.41) is 3.39. The summed E-state index contributed by atoms with van der Waals surface area (Å²) in [4.78, 5) is 1.97. The molecule has 1 saturated carbocycles. The summed E-state index contributed by atoms with van der Waals surface area (Å²) in [5.41, 5.74) is 2.85. The van der Waals surface area contributed by atoms with Gasteiger partial charge in [-0.25, -0.2) is 0 Å². The van der Waals surface area contributed by atoms with Gasteiger partial charge in [0.05, 0.1) is 6.10 Å². The van der Waals surface area contributed by atoms with Gasteiger partial charge in [0.25, 0.3) is 0 Å². The van der Waals surface area contributed by atoms with Crippen LogP contribution >= 0.6 is 22.6 Å². The lowest BCUT2D eigenvalue weighted by Crippen LogP contribution is -2.28. The van der Waals surface area contributed by atoms with Crippen molar-refractivity contribution in [1.29, 1.82) is 0 Å². The fraction of sp³-hybridized carbons (Fsp3) is 0.571. The first kappa shape index (κ1) is 13.1. The van der Waals surface area contributed by atoms with Gasteiger partial charge < -0.3 is 10.1 Å². The van der Waals surface area contributed by atoms with Crippen LogP contribution in [0.3, 0.4) is 0 Å². The van der Waals surface area contributed by atoms with E-state index in [2.05, 4.69) is 46.1 Å². The molecule has 1 aliphatic carbocycles. The predicted octanol–water partition coefficient (Wildman–Crippen LogP) is 3.31. The van der Waals surface area contributed by atoms with Crippen molar-refractivity contribution in [2.24, 2.45) is 0 Å². The summed E-state index contributed by atoms with van der Waals surface area (Å²) in [6, 6.07) is 6.44. The SMILES string of the molecule is CI.c1cc2c(c(OC3CCC3)c1)CCNC2. The third-order valence-corrected chi connectivity index (χ3v) is 3.44. The Balaban J connectivity index is 0.000000514. The average Bonchev–Trinajstić information content (AvgIpc) is 2.36. The number of halogens is 1. The van der Waals surface area contributed by atoms with Crippen molar-refractivity contribution in [3.05, 3.63) is 29.3 Å². The van der Waals surface area contributed by atoms with Crippen LogP contribution in [0.4, 0.5) is 0 Å². The highest BCUT2D eigenvalue weighted by Gasteiger charge is 2.21. The summed E-state index contributed by atoms with van der Waals surface area (Å²) in [7, 11) is 0. The lowest BCUT2D eigenvalue weighted by atomic mass is 9.95. The minimum atomic E-state index is 0.492. The second kappa shape index (κ2) is 6.59. The van der Waals surface area contributed by atoms with E-state index in [-0.39, 0.29) is 0 Å². The van der Waals surface area contributed by atoms with Crippen LogP contribution in [0.2, 0.25) is 0 Å². The van der Waals surface area contributed by atoms with Crippen molar-refractivity contribution >= 4 is 22.6 Å². The van der Waals surface area contributed by atoms with Gasteiger partial charge in [-0.2, -0.15) is 0 Å². The van der Waals surface area contributed by atoms with Gasteiger partial charge in [-0.05, 0) is 54.4 Å². The van der Waals surface area contributed by atoms with Gasteiger partial charge >= 0.3 is 0 Å². The van der Waals surface area contributed by atoms with E-state index in [9.17, 15) is 0 Å². The largest absolute Gasteiger partial charge is 0.490 e. The average molecular weight is 345 g/mol.